The minimum atomic E-state index is -3.27. The number of hydrogen-bond acceptors (Lipinski definition) is 4. The van der Waals surface area contributed by atoms with E-state index in [2.05, 4.69) is 15.1 Å². The van der Waals surface area contributed by atoms with E-state index in [-0.39, 0.29) is 5.75 Å². The van der Waals surface area contributed by atoms with Crippen LogP contribution in [0.5, 0.6) is 0 Å². The molecule has 0 amide bonds. The zero-order valence-electron chi connectivity index (χ0n) is 10.5. The van der Waals surface area contributed by atoms with Gasteiger partial charge in [0.2, 0.25) is 10.0 Å². The first-order chi connectivity index (χ1) is 7.94. The third kappa shape index (κ3) is 4.74. The van der Waals surface area contributed by atoms with Gasteiger partial charge in [-0.05, 0) is 26.4 Å². The molecule has 0 aliphatic rings. The number of anilines is 1. The second-order valence-corrected chi connectivity index (χ2v) is 5.77. The van der Waals surface area contributed by atoms with Crippen molar-refractivity contribution < 1.29 is 8.42 Å². The first-order valence-electron chi connectivity index (χ1n) is 5.66. The summed E-state index contributed by atoms with van der Waals surface area (Å²) in [5.41, 5.74) is 1.23. The molecule has 1 aromatic heterocycles. The van der Waals surface area contributed by atoms with Crippen molar-refractivity contribution in [3.63, 3.8) is 0 Å². The maximum Gasteiger partial charge on any atom is 0.232 e. The average molecular weight is 260 g/mol. The summed E-state index contributed by atoms with van der Waals surface area (Å²) in [7, 11) is -1.51. The molecular weight excluding hydrogens is 240 g/mol. The van der Waals surface area contributed by atoms with E-state index < -0.39 is 10.0 Å². The molecule has 0 aliphatic heterocycles. The molecule has 6 nitrogen and oxygen atoms in total. The lowest BCUT2D eigenvalue weighted by atomic mass is 10.4. The number of aryl methyl sites for hydroxylation is 2. The monoisotopic (exact) mass is 260 g/mol. The van der Waals surface area contributed by atoms with Crippen LogP contribution in [0.4, 0.5) is 5.69 Å². The van der Waals surface area contributed by atoms with E-state index in [4.69, 9.17) is 0 Å². The number of sulfonamides is 1. The van der Waals surface area contributed by atoms with Crippen LogP contribution >= 0.6 is 0 Å². The van der Waals surface area contributed by atoms with Crippen molar-refractivity contribution in [2.45, 2.75) is 20.3 Å². The van der Waals surface area contributed by atoms with Gasteiger partial charge in [0, 0.05) is 13.2 Å². The normalized spacial score (nSPS) is 11.7. The largest absolute Gasteiger partial charge is 0.317 e. The molecule has 0 aromatic carbocycles. The van der Waals surface area contributed by atoms with Crippen molar-refractivity contribution in [3.8, 4) is 0 Å². The summed E-state index contributed by atoms with van der Waals surface area (Å²) < 4.78 is 27.6. The summed E-state index contributed by atoms with van der Waals surface area (Å²) in [6.45, 7) is 5.33. The Hall–Kier alpha value is -1.08. The van der Waals surface area contributed by atoms with Crippen LogP contribution in [0, 0.1) is 6.92 Å². The van der Waals surface area contributed by atoms with Crippen LogP contribution in [0.25, 0.3) is 0 Å². The first-order valence-corrected chi connectivity index (χ1v) is 7.31. The van der Waals surface area contributed by atoms with E-state index >= 15 is 0 Å². The second-order valence-electron chi connectivity index (χ2n) is 3.93. The van der Waals surface area contributed by atoms with Crippen molar-refractivity contribution in [1.82, 2.24) is 15.1 Å². The highest BCUT2D eigenvalue weighted by Gasteiger charge is 2.13. The average Bonchev–Trinajstić information content (AvgIpc) is 2.52. The lowest BCUT2D eigenvalue weighted by Gasteiger charge is -2.06. The molecule has 0 spiro atoms. The molecule has 0 saturated carbocycles. The minimum Gasteiger partial charge on any atom is -0.317 e. The Morgan fingerprint density at radius 2 is 2.18 bits per heavy atom. The number of nitrogens with zero attached hydrogens (tertiary/aromatic N) is 2. The Kier molecular flexibility index (Phi) is 4.95. The van der Waals surface area contributed by atoms with Crippen LogP contribution in [0.1, 0.15) is 19.0 Å². The molecule has 0 radical (unpaired) electrons. The van der Waals surface area contributed by atoms with E-state index in [1.54, 1.807) is 24.9 Å². The number of rotatable bonds is 7. The lowest BCUT2D eigenvalue weighted by molar-refractivity contribution is 0.595. The lowest BCUT2D eigenvalue weighted by Crippen LogP contribution is -2.22. The molecule has 0 aliphatic carbocycles. The highest BCUT2D eigenvalue weighted by atomic mass is 32.2. The fraction of sp³-hybridized carbons (Fsp3) is 0.700. The second kappa shape index (κ2) is 6.02. The van der Waals surface area contributed by atoms with Crippen molar-refractivity contribution in [2.24, 2.45) is 7.05 Å². The highest BCUT2D eigenvalue weighted by molar-refractivity contribution is 7.92. The fourth-order valence-corrected chi connectivity index (χ4v) is 2.64. The summed E-state index contributed by atoms with van der Waals surface area (Å²) in [5, 5.41) is 7.17. The Labute approximate surface area is 102 Å². The third-order valence-electron chi connectivity index (χ3n) is 2.30. The van der Waals surface area contributed by atoms with Gasteiger partial charge in [-0.25, -0.2) is 8.42 Å². The molecule has 0 saturated heterocycles. The van der Waals surface area contributed by atoms with E-state index in [0.29, 0.717) is 24.3 Å². The van der Waals surface area contributed by atoms with E-state index in [1.807, 2.05) is 6.92 Å². The zero-order chi connectivity index (χ0) is 12.9. The van der Waals surface area contributed by atoms with Gasteiger partial charge in [0.15, 0.2) is 0 Å². The molecule has 0 fully saturated rings. The van der Waals surface area contributed by atoms with Crippen molar-refractivity contribution in [1.29, 1.82) is 0 Å². The Bertz CT molecular complexity index is 453. The molecule has 1 aromatic rings. The van der Waals surface area contributed by atoms with Gasteiger partial charge in [-0.2, -0.15) is 5.10 Å². The van der Waals surface area contributed by atoms with Crippen LogP contribution < -0.4 is 10.0 Å². The van der Waals surface area contributed by atoms with Gasteiger partial charge in [-0.15, -0.1) is 0 Å². The standard InChI is InChI=1S/C10H20N4O2S/c1-4-11-6-5-7-17(15,16)13-10-8-14(3)12-9(10)2/h8,11,13H,4-7H2,1-3H3. The molecule has 1 rings (SSSR count). The predicted octanol–water partition coefficient (Wildman–Crippen LogP) is 0.470. The molecule has 1 heterocycles. The van der Waals surface area contributed by atoms with Crippen LogP contribution in [0.2, 0.25) is 0 Å². The van der Waals surface area contributed by atoms with Crippen LogP contribution in [0.3, 0.4) is 0 Å². The summed E-state index contributed by atoms with van der Waals surface area (Å²) in [5.74, 6) is 0.119. The van der Waals surface area contributed by atoms with Gasteiger partial charge in [0.25, 0.3) is 0 Å². The highest BCUT2D eigenvalue weighted by Crippen LogP contribution is 2.13. The van der Waals surface area contributed by atoms with Gasteiger partial charge in [-0.1, -0.05) is 6.92 Å². The number of aromatic nitrogens is 2. The van der Waals surface area contributed by atoms with Gasteiger partial charge < -0.3 is 5.32 Å². The third-order valence-corrected chi connectivity index (χ3v) is 3.65. The Balaban J connectivity index is 2.52. The van der Waals surface area contributed by atoms with Crippen molar-refractivity contribution in [2.75, 3.05) is 23.6 Å². The Morgan fingerprint density at radius 3 is 2.71 bits per heavy atom. The molecule has 0 unspecified atom stereocenters. The van der Waals surface area contributed by atoms with Gasteiger partial charge >= 0.3 is 0 Å². The van der Waals surface area contributed by atoms with Gasteiger partial charge in [0.05, 0.1) is 17.1 Å². The summed E-state index contributed by atoms with van der Waals surface area (Å²) in [4.78, 5) is 0. The topological polar surface area (TPSA) is 76.0 Å². The molecule has 17 heavy (non-hydrogen) atoms. The fourth-order valence-electron chi connectivity index (χ4n) is 1.48. The molecule has 0 bridgehead atoms. The van der Waals surface area contributed by atoms with E-state index in [1.165, 1.54) is 0 Å². The van der Waals surface area contributed by atoms with E-state index in [0.717, 1.165) is 6.54 Å². The smallest absolute Gasteiger partial charge is 0.232 e. The quantitative estimate of drug-likeness (QED) is 0.699. The minimum absolute atomic E-state index is 0.119. The maximum absolute atomic E-state index is 11.7. The molecule has 0 atom stereocenters. The van der Waals surface area contributed by atoms with Crippen molar-refractivity contribution >= 4 is 15.7 Å². The summed E-state index contributed by atoms with van der Waals surface area (Å²) in [6, 6.07) is 0. The molecular formula is C10H20N4O2S. The van der Waals surface area contributed by atoms with E-state index in [9.17, 15) is 8.42 Å². The summed E-state index contributed by atoms with van der Waals surface area (Å²) >= 11 is 0. The first kappa shape index (κ1) is 14.0. The summed E-state index contributed by atoms with van der Waals surface area (Å²) in [6.07, 6.45) is 2.26. The van der Waals surface area contributed by atoms with Crippen LogP contribution in [0.15, 0.2) is 6.20 Å². The van der Waals surface area contributed by atoms with Gasteiger partial charge in [-0.3, -0.25) is 9.40 Å². The molecule has 98 valence electrons. The van der Waals surface area contributed by atoms with Crippen LogP contribution in [-0.2, 0) is 17.1 Å². The van der Waals surface area contributed by atoms with Crippen molar-refractivity contribution in [3.05, 3.63) is 11.9 Å². The maximum atomic E-state index is 11.7. The zero-order valence-corrected chi connectivity index (χ0v) is 11.3. The van der Waals surface area contributed by atoms with Crippen LogP contribution in [-0.4, -0.2) is 37.0 Å². The number of nitrogens with one attached hydrogen (secondary N) is 2. The molecule has 2 N–H and O–H groups in total. The SMILES string of the molecule is CCNCCCS(=O)(=O)Nc1cn(C)nc1C. The van der Waals surface area contributed by atoms with Gasteiger partial charge in [0.1, 0.15) is 0 Å². The Morgan fingerprint density at radius 1 is 1.47 bits per heavy atom. The molecule has 7 heteroatoms. The predicted molar refractivity (Wildman–Crippen MR) is 68.5 cm³/mol. The number of hydrogen-bond donors (Lipinski definition) is 2.